The second-order valence-corrected chi connectivity index (χ2v) is 4.25. The molecule has 1 amide bonds. The number of pyridine rings is 1. The number of halogens is 1. The fourth-order valence-electron chi connectivity index (χ4n) is 1.32. The number of H-pyrrole nitrogens is 1. The molecular weight excluding hydrogens is 286 g/mol. The largest absolute Gasteiger partial charge is 0.342 e. The molecule has 0 aliphatic heterocycles. The Morgan fingerprint density at radius 1 is 1.53 bits per heavy atom. The van der Waals surface area contributed by atoms with Gasteiger partial charge in [0.1, 0.15) is 16.8 Å². The summed E-state index contributed by atoms with van der Waals surface area (Å²) in [5.74, 6) is 0.434. The van der Waals surface area contributed by atoms with E-state index in [-0.39, 0.29) is 11.9 Å². The van der Waals surface area contributed by atoms with Crippen molar-refractivity contribution in [3.05, 3.63) is 40.6 Å². The van der Waals surface area contributed by atoms with Crippen LogP contribution in [0, 0.1) is 0 Å². The van der Waals surface area contributed by atoms with Crippen molar-refractivity contribution in [3.63, 3.8) is 0 Å². The number of nitrogens with one attached hydrogen (secondary N) is 2. The molecule has 0 bridgehead atoms. The summed E-state index contributed by atoms with van der Waals surface area (Å²) >= 11 is 3.22. The molecule has 0 radical (unpaired) electrons. The van der Waals surface area contributed by atoms with Crippen molar-refractivity contribution in [2.45, 2.75) is 13.0 Å². The van der Waals surface area contributed by atoms with Gasteiger partial charge in [0.2, 0.25) is 0 Å². The summed E-state index contributed by atoms with van der Waals surface area (Å²) in [7, 11) is 0. The first-order chi connectivity index (χ1) is 8.16. The summed E-state index contributed by atoms with van der Waals surface area (Å²) in [6.45, 7) is 1.83. The van der Waals surface area contributed by atoms with Crippen LogP contribution in [-0.4, -0.2) is 26.1 Å². The van der Waals surface area contributed by atoms with Gasteiger partial charge in [-0.15, -0.1) is 0 Å². The summed E-state index contributed by atoms with van der Waals surface area (Å²) in [6.07, 6.45) is 2.97. The van der Waals surface area contributed by atoms with Gasteiger partial charge in [-0.2, -0.15) is 5.10 Å². The topological polar surface area (TPSA) is 83.6 Å². The van der Waals surface area contributed by atoms with E-state index in [0.29, 0.717) is 16.0 Å². The van der Waals surface area contributed by atoms with Crippen LogP contribution in [0.5, 0.6) is 0 Å². The van der Waals surface area contributed by atoms with Crippen LogP contribution < -0.4 is 5.32 Å². The third-order valence-electron chi connectivity index (χ3n) is 2.18. The number of amides is 1. The van der Waals surface area contributed by atoms with Crippen LogP contribution in [0.25, 0.3) is 0 Å². The number of hydrogen-bond donors (Lipinski definition) is 2. The van der Waals surface area contributed by atoms with E-state index in [1.807, 2.05) is 6.92 Å². The normalized spacial score (nSPS) is 12.1. The second kappa shape index (κ2) is 5.05. The number of aromatic nitrogens is 4. The highest BCUT2D eigenvalue weighted by Gasteiger charge is 2.13. The van der Waals surface area contributed by atoms with Gasteiger partial charge in [-0.3, -0.25) is 9.89 Å². The smallest absolute Gasteiger partial charge is 0.252 e. The minimum Gasteiger partial charge on any atom is -0.342 e. The van der Waals surface area contributed by atoms with Gasteiger partial charge in [-0.25, -0.2) is 9.97 Å². The second-order valence-electron chi connectivity index (χ2n) is 3.43. The van der Waals surface area contributed by atoms with E-state index < -0.39 is 0 Å². The summed E-state index contributed by atoms with van der Waals surface area (Å²) in [5.41, 5.74) is 0.540. The number of carbonyl (C=O) groups excluding carboxylic acids is 1. The molecule has 1 atom stereocenters. The van der Waals surface area contributed by atoms with Crippen LogP contribution in [0.1, 0.15) is 29.1 Å². The molecule has 0 aliphatic rings. The van der Waals surface area contributed by atoms with Gasteiger partial charge < -0.3 is 5.32 Å². The number of hydrogen-bond acceptors (Lipinski definition) is 4. The number of nitrogens with zero attached hydrogens (tertiary/aromatic N) is 3. The molecule has 1 unspecified atom stereocenters. The van der Waals surface area contributed by atoms with Gasteiger partial charge in [0.25, 0.3) is 5.91 Å². The van der Waals surface area contributed by atoms with E-state index in [2.05, 4.69) is 41.4 Å². The lowest BCUT2D eigenvalue weighted by Crippen LogP contribution is -2.27. The number of carbonyl (C=O) groups is 1. The van der Waals surface area contributed by atoms with Crippen molar-refractivity contribution < 1.29 is 4.79 Å². The molecule has 2 aromatic rings. The molecule has 7 heteroatoms. The molecule has 0 fully saturated rings. The molecule has 2 rings (SSSR count). The van der Waals surface area contributed by atoms with Crippen molar-refractivity contribution in [1.29, 1.82) is 0 Å². The Morgan fingerprint density at radius 2 is 2.35 bits per heavy atom. The molecule has 0 aliphatic carbocycles. The third kappa shape index (κ3) is 2.88. The lowest BCUT2D eigenvalue weighted by atomic mass is 10.2. The zero-order chi connectivity index (χ0) is 12.3. The van der Waals surface area contributed by atoms with Gasteiger partial charge in [0.05, 0.1) is 6.04 Å². The van der Waals surface area contributed by atoms with Gasteiger partial charge >= 0.3 is 0 Å². The first-order valence-corrected chi connectivity index (χ1v) is 5.74. The zero-order valence-corrected chi connectivity index (χ0v) is 10.6. The highest BCUT2D eigenvalue weighted by Crippen LogP contribution is 2.10. The first kappa shape index (κ1) is 11.7. The van der Waals surface area contributed by atoms with Crippen molar-refractivity contribution >= 4 is 21.8 Å². The lowest BCUT2D eigenvalue weighted by Gasteiger charge is -2.10. The average Bonchev–Trinajstić information content (AvgIpc) is 2.82. The minimum atomic E-state index is -0.225. The Labute approximate surface area is 106 Å². The maximum absolute atomic E-state index is 11.9. The Kier molecular flexibility index (Phi) is 3.48. The molecule has 17 heavy (non-hydrogen) atoms. The van der Waals surface area contributed by atoms with Crippen LogP contribution in [-0.2, 0) is 0 Å². The molecule has 2 N–H and O–H groups in total. The molecule has 0 aromatic carbocycles. The fraction of sp³-hybridized carbons (Fsp3) is 0.200. The zero-order valence-electron chi connectivity index (χ0n) is 9.01. The molecule has 88 valence electrons. The minimum absolute atomic E-state index is 0.183. The number of rotatable bonds is 3. The highest BCUT2D eigenvalue weighted by atomic mass is 79.9. The van der Waals surface area contributed by atoms with Crippen molar-refractivity contribution in [1.82, 2.24) is 25.5 Å². The van der Waals surface area contributed by atoms with Crippen molar-refractivity contribution in [2.24, 2.45) is 0 Å². The SMILES string of the molecule is CC(NC(=O)c1ccnc(Br)c1)c1ncn[nH]1. The lowest BCUT2D eigenvalue weighted by molar-refractivity contribution is 0.0938. The van der Waals surface area contributed by atoms with Crippen LogP contribution in [0.4, 0.5) is 0 Å². The van der Waals surface area contributed by atoms with Crippen LogP contribution in [0.2, 0.25) is 0 Å². The monoisotopic (exact) mass is 295 g/mol. The van der Waals surface area contributed by atoms with E-state index in [4.69, 9.17) is 0 Å². The summed E-state index contributed by atoms with van der Waals surface area (Å²) in [6, 6.07) is 3.08. The molecule has 0 saturated carbocycles. The Balaban J connectivity index is 2.07. The first-order valence-electron chi connectivity index (χ1n) is 4.94. The van der Waals surface area contributed by atoms with Crippen molar-refractivity contribution in [3.8, 4) is 0 Å². The summed E-state index contributed by atoms with van der Waals surface area (Å²) in [4.78, 5) is 19.8. The molecule has 0 saturated heterocycles. The van der Waals surface area contributed by atoms with Gasteiger partial charge in [-0.1, -0.05) is 0 Å². The Morgan fingerprint density at radius 3 is 3.00 bits per heavy atom. The van der Waals surface area contributed by atoms with Crippen LogP contribution >= 0.6 is 15.9 Å². The van der Waals surface area contributed by atoms with E-state index in [1.54, 1.807) is 18.3 Å². The summed E-state index contributed by atoms with van der Waals surface area (Å²) < 4.78 is 0.623. The maximum atomic E-state index is 11.9. The van der Waals surface area contributed by atoms with Crippen molar-refractivity contribution in [2.75, 3.05) is 0 Å². The molecule has 2 aromatic heterocycles. The Bertz CT molecular complexity index is 513. The standard InChI is InChI=1S/C10H10BrN5O/c1-6(9-13-5-14-16-9)15-10(17)7-2-3-12-8(11)4-7/h2-6H,1H3,(H,15,17)(H,13,14,16). The molecule has 0 spiro atoms. The van der Waals surface area contributed by atoms with Crippen LogP contribution in [0.15, 0.2) is 29.3 Å². The van der Waals surface area contributed by atoms with Gasteiger partial charge in [0.15, 0.2) is 0 Å². The van der Waals surface area contributed by atoms with E-state index in [1.165, 1.54) is 6.33 Å². The summed E-state index contributed by atoms with van der Waals surface area (Å²) in [5, 5.41) is 9.24. The maximum Gasteiger partial charge on any atom is 0.252 e. The average molecular weight is 296 g/mol. The highest BCUT2D eigenvalue weighted by molar-refractivity contribution is 9.10. The van der Waals surface area contributed by atoms with Gasteiger partial charge in [0, 0.05) is 11.8 Å². The molecule has 2 heterocycles. The Hall–Kier alpha value is -1.76. The van der Waals surface area contributed by atoms with Crippen LogP contribution in [0.3, 0.4) is 0 Å². The predicted molar refractivity (Wildman–Crippen MR) is 64.2 cm³/mol. The van der Waals surface area contributed by atoms with Gasteiger partial charge in [-0.05, 0) is 35.0 Å². The van der Waals surface area contributed by atoms with E-state index in [0.717, 1.165) is 0 Å². The number of aromatic amines is 1. The van der Waals surface area contributed by atoms with E-state index in [9.17, 15) is 4.79 Å². The predicted octanol–water partition coefficient (Wildman–Crippen LogP) is 1.45. The molecule has 6 nitrogen and oxygen atoms in total. The van der Waals surface area contributed by atoms with E-state index >= 15 is 0 Å². The third-order valence-corrected chi connectivity index (χ3v) is 2.61. The fourth-order valence-corrected chi connectivity index (χ4v) is 1.68. The quantitative estimate of drug-likeness (QED) is 0.840. The molecular formula is C10H10BrN5O.